The number of carbonyl (C=O) groups is 1. The van der Waals surface area contributed by atoms with Gasteiger partial charge in [0, 0.05) is 22.0 Å². The average molecular weight is 405 g/mol. The van der Waals surface area contributed by atoms with Gasteiger partial charge in [0.25, 0.3) is 15.9 Å². The second-order valence-corrected chi connectivity index (χ2v) is 7.72. The Hall–Kier alpha value is -2.90. The Morgan fingerprint density at radius 1 is 0.889 bits per heavy atom. The normalized spacial score (nSPS) is 11.0. The van der Waals surface area contributed by atoms with Gasteiger partial charge in [0.1, 0.15) is 5.82 Å². The van der Waals surface area contributed by atoms with E-state index in [0.29, 0.717) is 10.7 Å². The minimum atomic E-state index is -3.90. The average Bonchev–Trinajstić information content (AvgIpc) is 2.62. The molecule has 3 aromatic rings. The van der Waals surface area contributed by atoms with Crippen LogP contribution in [0, 0.1) is 5.82 Å². The first-order chi connectivity index (χ1) is 12.8. The van der Waals surface area contributed by atoms with E-state index >= 15 is 0 Å². The number of carbonyl (C=O) groups excluding carboxylic acids is 1. The van der Waals surface area contributed by atoms with Gasteiger partial charge in [-0.15, -0.1) is 0 Å². The topological polar surface area (TPSA) is 75.3 Å². The van der Waals surface area contributed by atoms with Crippen LogP contribution < -0.4 is 10.0 Å². The SMILES string of the molecule is O=C(Nc1cccc(Cl)c1)c1cccc(NS(=O)(=O)c2ccc(F)cc2)c1. The molecule has 3 rings (SSSR count). The third kappa shape index (κ3) is 4.84. The van der Waals surface area contributed by atoms with Crippen molar-refractivity contribution in [1.82, 2.24) is 0 Å². The standard InChI is InChI=1S/C19H14ClFN2O3S/c20-14-4-2-5-16(12-14)22-19(24)13-3-1-6-17(11-13)23-27(25,26)18-9-7-15(21)8-10-18/h1-12,23H,(H,22,24). The van der Waals surface area contributed by atoms with Crippen LogP contribution in [0.1, 0.15) is 10.4 Å². The highest BCUT2D eigenvalue weighted by Crippen LogP contribution is 2.19. The monoisotopic (exact) mass is 404 g/mol. The Balaban J connectivity index is 1.79. The maximum atomic E-state index is 13.0. The summed E-state index contributed by atoms with van der Waals surface area (Å²) in [6.07, 6.45) is 0. The van der Waals surface area contributed by atoms with Crippen molar-refractivity contribution in [2.45, 2.75) is 4.90 Å². The number of sulfonamides is 1. The van der Waals surface area contributed by atoms with E-state index in [1.807, 2.05) is 0 Å². The molecule has 27 heavy (non-hydrogen) atoms. The first-order valence-corrected chi connectivity index (χ1v) is 9.65. The second kappa shape index (κ2) is 7.77. The van der Waals surface area contributed by atoms with Crippen LogP contribution >= 0.6 is 11.6 Å². The van der Waals surface area contributed by atoms with Crippen LogP contribution in [0.15, 0.2) is 77.7 Å². The summed E-state index contributed by atoms with van der Waals surface area (Å²) in [5.41, 5.74) is 0.983. The summed E-state index contributed by atoms with van der Waals surface area (Å²) >= 11 is 5.89. The Labute approximate surface area is 160 Å². The summed E-state index contributed by atoms with van der Waals surface area (Å²) in [5.74, 6) is -0.950. The summed E-state index contributed by atoms with van der Waals surface area (Å²) in [7, 11) is -3.90. The van der Waals surface area contributed by atoms with E-state index in [-0.39, 0.29) is 16.1 Å². The molecule has 0 radical (unpaired) electrons. The number of hydrogen-bond acceptors (Lipinski definition) is 3. The van der Waals surface area contributed by atoms with Gasteiger partial charge < -0.3 is 5.32 Å². The van der Waals surface area contributed by atoms with Crippen molar-refractivity contribution >= 4 is 38.9 Å². The molecule has 0 aliphatic heterocycles. The molecule has 3 aromatic carbocycles. The summed E-state index contributed by atoms with van der Waals surface area (Å²) in [6.45, 7) is 0. The van der Waals surface area contributed by atoms with Crippen LogP contribution in [0.5, 0.6) is 0 Å². The lowest BCUT2D eigenvalue weighted by molar-refractivity contribution is 0.102. The van der Waals surface area contributed by atoms with Gasteiger partial charge >= 0.3 is 0 Å². The molecule has 0 bridgehead atoms. The zero-order chi connectivity index (χ0) is 19.4. The van der Waals surface area contributed by atoms with Crippen molar-refractivity contribution in [2.24, 2.45) is 0 Å². The predicted molar refractivity (Wildman–Crippen MR) is 103 cm³/mol. The quantitative estimate of drug-likeness (QED) is 0.655. The van der Waals surface area contributed by atoms with E-state index in [9.17, 15) is 17.6 Å². The van der Waals surface area contributed by atoms with Gasteiger partial charge in [-0.25, -0.2) is 12.8 Å². The van der Waals surface area contributed by atoms with Crippen molar-refractivity contribution in [1.29, 1.82) is 0 Å². The van der Waals surface area contributed by atoms with Gasteiger partial charge in [-0.05, 0) is 60.7 Å². The minimum absolute atomic E-state index is 0.0855. The van der Waals surface area contributed by atoms with E-state index in [1.165, 1.54) is 12.1 Å². The first kappa shape index (κ1) is 18.9. The predicted octanol–water partition coefficient (Wildman–Crippen LogP) is 4.53. The number of rotatable bonds is 5. The molecule has 0 saturated heterocycles. The summed E-state index contributed by atoms with van der Waals surface area (Å²) in [5, 5.41) is 3.16. The molecule has 0 fully saturated rings. The molecule has 5 nitrogen and oxygen atoms in total. The van der Waals surface area contributed by atoms with Crippen LogP contribution in [-0.2, 0) is 10.0 Å². The fourth-order valence-corrected chi connectivity index (χ4v) is 3.56. The lowest BCUT2D eigenvalue weighted by Crippen LogP contribution is -2.15. The third-order valence-electron chi connectivity index (χ3n) is 3.58. The molecule has 8 heteroatoms. The van der Waals surface area contributed by atoms with E-state index < -0.39 is 21.7 Å². The van der Waals surface area contributed by atoms with Crippen molar-refractivity contribution in [3.05, 3.63) is 89.2 Å². The fourth-order valence-electron chi connectivity index (χ4n) is 2.32. The zero-order valence-corrected chi connectivity index (χ0v) is 15.4. The van der Waals surface area contributed by atoms with Crippen molar-refractivity contribution in [2.75, 3.05) is 10.0 Å². The highest BCUT2D eigenvalue weighted by molar-refractivity contribution is 7.92. The molecular weight excluding hydrogens is 391 g/mol. The van der Waals surface area contributed by atoms with Gasteiger partial charge in [0.05, 0.1) is 4.90 Å². The van der Waals surface area contributed by atoms with E-state index in [4.69, 9.17) is 11.6 Å². The lowest BCUT2D eigenvalue weighted by Gasteiger charge is -2.10. The smallest absolute Gasteiger partial charge is 0.261 e. The summed E-state index contributed by atoms with van der Waals surface area (Å²) < 4.78 is 40.1. The lowest BCUT2D eigenvalue weighted by atomic mass is 10.2. The Bertz CT molecular complexity index is 1090. The molecule has 0 saturated carbocycles. The highest BCUT2D eigenvalue weighted by Gasteiger charge is 2.15. The van der Waals surface area contributed by atoms with E-state index in [0.717, 1.165) is 24.3 Å². The second-order valence-electron chi connectivity index (χ2n) is 5.60. The number of nitrogens with one attached hydrogen (secondary N) is 2. The van der Waals surface area contributed by atoms with Gasteiger partial charge in [0.15, 0.2) is 0 Å². The zero-order valence-electron chi connectivity index (χ0n) is 13.8. The van der Waals surface area contributed by atoms with Gasteiger partial charge in [-0.1, -0.05) is 23.7 Å². The fraction of sp³-hybridized carbons (Fsp3) is 0. The van der Waals surface area contributed by atoms with Gasteiger partial charge in [-0.2, -0.15) is 0 Å². The molecule has 0 unspecified atom stereocenters. The number of halogens is 2. The molecule has 0 aliphatic rings. The van der Waals surface area contributed by atoms with Crippen LogP contribution in [0.3, 0.4) is 0 Å². The first-order valence-electron chi connectivity index (χ1n) is 7.79. The molecule has 0 spiro atoms. The number of hydrogen-bond donors (Lipinski definition) is 2. The molecular formula is C19H14ClFN2O3S. The molecule has 0 aliphatic carbocycles. The number of amides is 1. The summed E-state index contributed by atoms with van der Waals surface area (Å²) in [6, 6.07) is 17.1. The largest absolute Gasteiger partial charge is 0.322 e. The molecule has 0 heterocycles. The Morgan fingerprint density at radius 3 is 2.26 bits per heavy atom. The molecule has 0 aromatic heterocycles. The Morgan fingerprint density at radius 2 is 1.56 bits per heavy atom. The molecule has 1 amide bonds. The van der Waals surface area contributed by atoms with Crippen LogP contribution in [-0.4, -0.2) is 14.3 Å². The molecule has 138 valence electrons. The third-order valence-corrected chi connectivity index (χ3v) is 5.22. The Kier molecular flexibility index (Phi) is 5.43. The van der Waals surface area contributed by atoms with Crippen LogP contribution in [0.4, 0.5) is 15.8 Å². The highest BCUT2D eigenvalue weighted by atomic mass is 35.5. The van der Waals surface area contributed by atoms with Crippen LogP contribution in [0.2, 0.25) is 5.02 Å². The minimum Gasteiger partial charge on any atom is -0.322 e. The molecule has 2 N–H and O–H groups in total. The molecule has 0 atom stereocenters. The van der Waals surface area contributed by atoms with E-state index in [2.05, 4.69) is 10.0 Å². The maximum absolute atomic E-state index is 13.0. The van der Waals surface area contributed by atoms with Crippen molar-refractivity contribution in [3.63, 3.8) is 0 Å². The van der Waals surface area contributed by atoms with Gasteiger partial charge in [-0.3, -0.25) is 9.52 Å². The maximum Gasteiger partial charge on any atom is 0.261 e. The van der Waals surface area contributed by atoms with Crippen molar-refractivity contribution < 1.29 is 17.6 Å². The van der Waals surface area contributed by atoms with E-state index in [1.54, 1.807) is 36.4 Å². The van der Waals surface area contributed by atoms with Gasteiger partial charge in [0.2, 0.25) is 0 Å². The van der Waals surface area contributed by atoms with Crippen LogP contribution in [0.25, 0.3) is 0 Å². The number of benzene rings is 3. The number of anilines is 2. The van der Waals surface area contributed by atoms with Crippen molar-refractivity contribution in [3.8, 4) is 0 Å². The summed E-state index contributed by atoms with van der Waals surface area (Å²) in [4.78, 5) is 12.3.